The Balaban J connectivity index is 1.81. The van der Waals surface area contributed by atoms with Crippen molar-refractivity contribution < 1.29 is 4.79 Å². The first-order chi connectivity index (χ1) is 12.5. The number of anilines is 1. The summed E-state index contributed by atoms with van der Waals surface area (Å²) in [5.41, 5.74) is 5.82. The highest BCUT2D eigenvalue weighted by molar-refractivity contribution is 6.04. The van der Waals surface area contributed by atoms with Gasteiger partial charge in [-0.05, 0) is 50.6 Å². The van der Waals surface area contributed by atoms with Crippen LogP contribution in [0.25, 0.3) is 0 Å². The fourth-order valence-corrected chi connectivity index (χ4v) is 2.90. The van der Waals surface area contributed by atoms with Crippen LogP contribution >= 0.6 is 0 Å². The van der Waals surface area contributed by atoms with Gasteiger partial charge in [0.25, 0.3) is 5.91 Å². The lowest BCUT2D eigenvalue weighted by Crippen LogP contribution is -2.13. The standard InChI is InChI=1S/C21H20N4O/c1-14-5-4-6-18(11-14)13-25-16(3)20(15(2)24-25)23-21(26)19-9-7-17(12-22)8-10-19/h4-11H,13H2,1-3H3,(H,23,26). The van der Waals surface area contributed by atoms with Gasteiger partial charge in [0.1, 0.15) is 0 Å². The van der Waals surface area contributed by atoms with Crippen LogP contribution in [0.5, 0.6) is 0 Å². The number of nitriles is 1. The third kappa shape index (κ3) is 3.65. The first-order valence-electron chi connectivity index (χ1n) is 8.39. The highest BCUT2D eigenvalue weighted by Crippen LogP contribution is 2.21. The summed E-state index contributed by atoms with van der Waals surface area (Å²) in [5.74, 6) is -0.212. The molecule has 0 aliphatic carbocycles. The molecule has 1 aromatic heterocycles. The predicted molar refractivity (Wildman–Crippen MR) is 101 cm³/mol. The van der Waals surface area contributed by atoms with Gasteiger partial charge < -0.3 is 5.32 Å². The van der Waals surface area contributed by atoms with Gasteiger partial charge in [0.05, 0.1) is 35.3 Å². The molecule has 1 amide bonds. The van der Waals surface area contributed by atoms with Gasteiger partial charge in [0.15, 0.2) is 0 Å². The number of aromatic nitrogens is 2. The lowest BCUT2D eigenvalue weighted by Gasteiger charge is -2.08. The minimum atomic E-state index is -0.212. The number of carbonyl (C=O) groups excluding carboxylic acids is 1. The average Bonchev–Trinajstić information content (AvgIpc) is 2.89. The molecule has 0 saturated heterocycles. The van der Waals surface area contributed by atoms with E-state index < -0.39 is 0 Å². The topological polar surface area (TPSA) is 70.7 Å². The maximum atomic E-state index is 12.5. The number of aryl methyl sites for hydroxylation is 2. The Hall–Kier alpha value is -3.39. The number of rotatable bonds is 4. The van der Waals surface area contributed by atoms with Crippen molar-refractivity contribution in [3.05, 3.63) is 82.2 Å². The fourth-order valence-electron chi connectivity index (χ4n) is 2.90. The van der Waals surface area contributed by atoms with E-state index in [2.05, 4.69) is 35.5 Å². The van der Waals surface area contributed by atoms with Gasteiger partial charge in [-0.15, -0.1) is 0 Å². The van der Waals surface area contributed by atoms with Crippen LogP contribution in [0.3, 0.4) is 0 Å². The molecule has 0 spiro atoms. The SMILES string of the molecule is Cc1cccc(Cn2nc(C)c(NC(=O)c3ccc(C#N)cc3)c2C)c1. The second-order valence-corrected chi connectivity index (χ2v) is 6.34. The molecule has 1 N–H and O–H groups in total. The van der Waals surface area contributed by atoms with Crippen molar-refractivity contribution in [2.24, 2.45) is 0 Å². The Morgan fingerprint density at radius 2 is 1.88 bits per heavy atom. The van der Waals surface area contributed by atoms with Crippen molar-refractivity contribution in [3.63, 3.8) is 0 Å². The van der Waals surface area contributed by atoms with E-state index >= 15 is 0 Å². The molecule has 130 valence electrons. The predicted octanol–water partition coefficient (Wildman–Crippen LogP) is 3.98. The number of amides is 1. The number of benzene rings is 2. The maximum absolute atomic E-state index is 12.5. The quantitative estimate of drug-likeness (QED) is 0.778. The summed E-state index contributed by atoms with van der Waals surface area (Å²) >= 11 is 0. The highest BCUT2D eigenvalue weighted by Gasteiger charge is 2.15. The highest BCUT2D eigenvalue weighted by atomic mass is 16.1. The van der Waals surface area contributed by atoms with Gasteiger partial charge in [-0.2, -0.15) is 10.4 Å². The molecule has 2 aromatic carbocycles. The lowest BCUT2D eigenvalue weighted by atomic mass is 10.1. The van der Waals surface area contributed by atoms with E-state index in [1.807, 2.05) is 30.7 Å². The Kier molecular flexibility index (Phi) is 4.85. The van der Waals surface area contributed by atoms with Gasteiger partial charge in [-0.1, -0.05) is 29.8 Å². The van der Waals surface area contributed by atoms with Crippen LogP contribution in [0, 0.1) is 32.1 Å². The number of nitrogens with one attached hydrogen (secondary N) is 1. The van der Waals surface area contributed by atoms with Crippen molar-refractivity contribution >= 4 is 11.6 Å². The van der Waals surface area contributed by atoms with E-state index in [4.69, 9.17) is 5.26 Å². The van der Waals surface area contributed by atoms with E-state index in [1.54, 1.807) is 24.3 Å². The van der Waals surface area contributed by atoms with E-state index in [1.165, 1.54) is 11.1 Å². The lowest BCUT2D eigenvalue weighted by molar-refractivity contribution is 0.102. The molecule has 0 aliphatic heterocycles. The Morgan fingerprint density at radius 1 is 1.15 bits per heavy atom. The normalized spacial score (nSPS) is 10.4. The fraction of sp³-hybridized carbons (Fsp3) is 0.190. The molecule has 3 aromatic rings. The second-order valence-electron chi connectivity index (χ2n) is 6.34. The molecule has 0 saturated carbocycles. The summed E-state index contributed by atoms with van der Waals surface area (Å²) in [6.07, 6.45) is 0. The minimum Gasteiger partial charge on any atom is -0.319 e. The van der Waals surface area contributed by atoms with Gasteiger partial charge >= 0.3 is 0 Å². The molecular weight excluding hydrogens is 324 g/mol. The van der Waals surface area contributed by atoms with Gasteiger partial charge in [0.2, 0.25) is 0 Å². The van der Waals surface area contributed by atoms with Crippen molar-refractivity contribution in [1.29, 1.82) is 5.26 Å². The van der Waals surface area contributed by atoms with Gasteiger partial charge in [-0.25, -0.2) is 0 Å². The summed E-state index contributed by atoms with van der Waals surface area (Å²) in [6.45, 7) is 6.55. The zero-order valence-electron chi connectivity index (χ0n) is 15.1. The van der Waals surface area contributed by atoms with E-state index in [9.17, 15) is 4.79 Å². The first-order valence-corrected chi connectivity index (χ1v) is 8.39. The van der Waals surface area contributed by atoms with Gasteiger partial charge in [0, 0.05) is 5.56 Å². The molecular formula is C21H20N4O. The zero-order chi connectivity index (χ0) is 18.7. The smallest absolute Gasteiger partial charge is 0.255 e. The number of nitrogens with zero attached hydrogens (tertiary/aromatic N) is 3. The summed E-state index contributed by atoms with van der Waals surface area (Å²) in [7, 11) is 0. The van der Waals surface area contributed by atoms with Crippen LogP contribution in [0.15, 0.2) is 48.5 Å². The monoisotopic (exact) mass is 344 g/mol. The third-order valence-electron chi connectivity index (χ3n) is 4.31. The molecule has 5 heteroatoms. The average molecular weight is 344 g/mol. The van der Waals surface area contributed by atoms with Crippen LogP contribution in [0.4, 0.5) is 5.69 Å². The molecule has 0 aliphatic rings. The Labute approximate surface area is 152 Å². The van der Waals surface area contributed by atoms with E-state index in [0.717, 1.165) is 17.1 Å². The van der Waals surface area contributed by atoms with Crippen molar-refractivity contribution in [2.75, 3.05) is 5.32 Å². The summed E-state index contributed by atoms with van der Waals surface area (Å²) < 4.78 is 1.90. The van der Waals surface area contributed by atoms with Crippen LogP contribution in [-0.4, -0.2) is 15.7 Å². The van der Waals surface area contributed by atoms with Gasteiger partial charge in [-0.3, -0.25) is 9.48 Å². The first kappa shape index (κ1) is 17.4. The molecule has 26 heavy (non-hydrogen) atoms. The maximum Gasteiger partial charge on any atom is 0.255 e. The summed E-state index contributed by atoms with van der Waals surface area (Å²) in [4.78, 5) is 12.5. The molecule has 5 nitrogen and oxygen atoms in total. The molecule has 0 unspecified atom stereocenters. The molecule has 0 atom stereocenters. The van der Waals surface area contributed by atoms with Crippen LogP contribution in [0.2, 0.25) is 0 Å². The van der Waals surface area contributed by atoms with Crippen molar-refractivity contribution in [3.8, 4) is 6.07 Å². The summed E-state index contributed by atoms with van der Waals surface area (Å²) in [5, 5.41) is 16.4. The summed E-state index contributed by atoms with van der Waals surface area (Å²) in [6, 6.07) is 16.9. The van der Waals surface area contributed by atoms with Crippen LogP contribution in [0.1, 0.15) is 38.4 Å². The largest absolute Gasteiger partial charge is 0.319 e. The Bertz CT molecular complexity index is 994. The second kappa shape index (κ2) is 7.24. The van der Waals surface area contributed by atoms with Crippen molar-refractivity contribution in [2.45, 2.75) is 27.3 Å². The van der Waals surface area contributed by atoms with Crippen LogP contribution < -0.4 is 5.32 Å². The van der Waals surface area contributed by atoms with E-state index in [-0.39, 0.29) is 5.91 Å². The zero-order valence-corrected chi connectivity index (χ0v) is 15.1. The number of hydrogen-bond donors (Lipinski definition) is 1. The Morgan fingerprint density at radius 3 is 2.54 bits per heavy atom. The molecule has 1 heterocycles. The minimum absolute atomic E-state index is 0.212. The number of hydrogen-bond acceptors (Lipinski definition) is 3. The number of carbonyl (C=O) groups is 1. The van der Waals surface area contributed by atoms with Crippen molar-refractivity contribution in [1.82, 2.24) is 9.78 Å². The molecule has 0 fully saturated rings. The molecule has 0 bridgehead atoms. The molecule has 3 rings (SSSR count). The van der Waals surface area contributed by atoms with Crippen LogP contribution in [-0.2, 0) is 6.54 Å². The molecule has 0 radical (unpaired) electrons. The van der Waals surface area contributed by atoms with E-state index in [0.29, 0.717) is 17.7 Å². The third-order valence-corrected chi connectivity index (χ3v) is 4.31.